The largest absolute Gasteiger partial charge is 0.337 e. The molecule has 114 valence electrons. The molecule has 0 radical (unpaired) electrons. The highest BCUT2D eigenvalue weighted by Crippen LogP contribution is 2.25. The fourth-order valence-electron chi connectivity index (χ4n) is 2.25. The average molecular weight is 304 g/mol. The maximum Gasteiger partial charge on any atom is 0.325 e. The van der Waals surface area contributed by atoms with Crippen LogP contribution in [-0.4, -0.2) is 33.0 Å². The first-order valence-corrected chi connectivity index (χ1v) is 6.70. The molecule has 1 aromatic carbocycles. The van der Waals surface area contributed by atoms with Crippen LogP contribution in [0.2, 0.25) is 0 Å². The quantitative estimate of drug-likeness (QED) is 0.875. The van der Waals surface area contributed by atoms with Crippen molar-refractivity contribution < 1.29 is 18.5 Å². The lowest BCUT2D eigenvalue weighted by Gasteiger charge is -2.17. The zero-order chi connectivity index (χ0) is 15.9. The summed E-state index contributed by atoms with van der Waals surface area (Å²) >= 11 is 0. The number of carbonyl (C=O) groups excluding carboxylic acids is 2. The van der Waals surface area contributed by atoms with Gasteiger partial charge in [-0.2, -0.15) is 4.98 Å². The third-order valence-corrected chi connectivity index (χ3v) is 3.44. The average Bonchev–Trinajstić information content (AvgIpc) is 3.05. The molecule has 0 saturated carbocycles. The van der Waals surface area contributed by atoms with Crippen molar-refractivity contribution in [1.29, 1.82) is 0 Å². The molecule has 1 N–H and O–H groups in total. The Hall–Kier alpha value is -2.77. The number of hydrogen-bond donors (Lipinski definition) is 1. The van der Waals surface area contributed by atoms with Crippen molar-refractivity contribution in [3.05, 3.63) is 36.0 Å². The van der Waals surface area contributed by atoms with Crippen LogP contribution in [0.1, 0.15) is 25.8 Å². The summed E-state index contributed by atoms with van der Waals surface area (Å²) in [5, 5.41) is 6.28. The molecule has 0 unspecified atom stereocenters. The Balaban J connectivity index is 1.88. The van der Waals surface area contributed by atoms with Crippen LogP contribution in [0, 0.1) is 5.82 Å². The van der Waals surface area contributed by atoms with Crippen LogP contribution >= 0.6 is 0 Å². The predicted octanol–water partition coefficient (Wildman–Crippen LogP) is 1.88. The molecule has 8 heteroatoms. The zero-order valence-corrected chi connectivity index (χ0v) is 11.9. The lowest BCUT2D eigenvalue weighted by Crippen LogP contribution is -2.34. The summed E-state index contributed by atoms with van der Waals surface area (Å²) in [5.74, 6) is -0.471. The minimum atomic E-state index is -0.702. The van der Waals surface area contributed by atoms with E-state index in [4.69, 9.17) is 4.52 Å². The molecule has 0 aliphatic carbocycles. The van der Waals surface area contributed by atoms with Gasteiger partial charge in [0, 0.05) is 5.56 Å². The van der Waals surface area contributed by atoms with Crippen molar-refractivity contribution in [2.24, 2.45) is 0 Å². The van der Waals surface area contributed by atoms with Crippen molar-refractivity contribution in [2.75, 3.05) is 0 Å². The fraction of sp³-hybridized carbons (Fsp3) is 0.286. The minimum Gasteiger partial charge on any atom is -0.337 e. The van der Waals surface area contributed by atoms with E-state index in [0.717, 1.165) is 4.90 Å². The van der Waals surface area contributed by atoms with Crippen molar-refractivity contribution in [3.8, 4) is 11.4 Å². The monoisotopic (exact) mass is 304 g/mol. The normalized spacial score (nSPS) is 19.4. The van der Waals surface area contributed by atoms with Gasteiger partial charge in [0.15, 0.2) is 0 Å². The molecule has 0 spiro atoms. The second-order valence-electron chi connectivity index (χ2n) is 5.02. The molecule has 2 aromatic rings. The number of imide groups is 1. The Kier molecular flexibility index (Phi) is 3.36. The molecule has 1 aromatic heterocycles. The highest BCUT2D eigenvalue weighted by atomic mass is 19.1. The number of benzene rings is 1. The highest BCUT2D eigenvalue weighted by molar-refractivity contribution is 6.04. The van der Waals surface area contributed by atoms with Gasteiger partial charge in [-0.3, -0.25) is 9.69 Å². The fourth-order valence-corrected chi connectivity index (χ4v) is 2.25. The number of urea groups is 1. The topological polar surface area (TPSA) is 88.3 Å². The van der Waals surface area contributed by atoms with Crippen molar-refractivity contribution in [3.63, 3.8) is 0 Å². The first kappa shape index (κ1) is 14.2. The van der Waals surface area contributed by atoms with Crippen molar-refractivity contribution in [2.45, 2.75) is 25.9 Å². The van der Waals surface area contributed by atoms with Gasteiger partial charge in [-0.1, -0.05) is 17.3 Å². The summed E-state index contributed by atoms with van der Waals surface area (Å²) in [6.45, 7) is 3.21. The number of amides is 3. The lowest BCUT2D eigenvalue weighted by atomic mass is 10.2. The Bertz CT molecular complexity index is 745. The molecule has 1 aliphatic rings. The summed E-state index contributed by atoms with van der Waals surface area (Å²) in [5.41, 5.74) is 0.452. The van der Waals surface area contributed by atoms with Crippen LogP contribution in [0.25, 0.3) is 11.4 Å². The molecular formula is C14H13FN4O3. The number of rotatable bonds is 3. The summed E-state index contributed by atoms with van der Waals surface area (Å²) in [6.07, 6.45) is 0. The Morgan fingerprint density at radius 3 is 2.82 bits per heavy atom. The smallest absolute Gasteiger partial charge is 0.325 e. The Labute approximate surface area is 125 Å². The van der Waals surface area contributed by atoms with Crippen LogP contribution in [0.4, 0.5) is 9.18 Å². The van der Waals surface area contributed by atoms with E-state index in [-0.39, 0.29) is 17.6 Å². The van der Waals surface area contributed by atoms with Gasteiger partial charge in [-0.25, -0.2) is 9.18 Å². The third-order valence-electron chi connectivity index (χ3n) is 3.44. The summed E-state index contributed by atoms with van der Waals surface area (Å²) < 4.78 is 18.3. The molecule has 2 heterocycles. The predicted molar refractivity (Wildman–Crippen MR) is 72.9 cm³/mol. The van der Waals surface area contributed by atoms with E-state index >= 15 is 0 Å². The lowest BCUT2D eigenvalue weighted by molar-refractivity contribution is -0.128. The molecule has 2 atom stereocenters. The van der Waals surface area contributed by atoms with Gasteiger partial charge in [0.25, 0.3) is 5.91 Å². The second-order valence-corrected chi connectivity index (χ2v) is 5.02. The first-order chi connectivity index (χ1) is 10.5. The number of nitrogens with zero attached hydrogens (tertiary/aromatic N) is 3. The van der Waals surface area contributed by atoms with Crippen molar-refractivity contribution >= 4 is 11.9 Å². The van der Waals surface area contributed by atoms with Crippen LogP contribution < -0.4 is 5.32 Å². The van der Waals surface area contributed by atoms with E-state index in [0.29, 0.717) is 5.56 Å². The van der Waals surface area contributed by atoms with Crippen LogP contribution in [0.5, 0.6) is 0 Å². The Morgan fingerprint density at radius 2 is 2.18 bits per heavy atom. The van der Waals surface area contributed by atoms with Crippen molar-refractivity contribution in [1.82, 2.24) is 20.4 Å². The zero-order valence-electron chi connectivity index (χ0n) is 11.9. The standard InChI is InChI=1S/C14H13FN4O3/c1-7-13(20)19(14(21)16-7)8(2)12-17-11(18-22-12)9-4-3-5-10(15)6-9/h3-8H,1-2H3,(H,16,21)/t7-,8-/m0/s1. The molecular weight excluding hydrogens is 291 g/mol. The van der Waals surface area contributed by atoms with E-state index in [2.05, 4.69) is 15.5 Å². The molecule has 7 nitrogen and oxygen atoms in total. The van der Waals surface area contributed by atoms with Gasteiger partial charge in [0.05, 0.1) is 0 Å². The summed E-state index contributed by atoms with van der Waals surface area (Å²) in [4.78, 5) is 28.9. The number of carbonyl (C=O) groups is 2. The van der Waals surface area contributed by atoms with Gasteiger partial charge < -0.3 is 9.84 Å². The molecule has 1 saturated heterocycles. The van der Waals surface area contributed by atoms with Gasteiger partial charge in [-0.15, -0.1) is 0 Å². The molecule has 22 heavy (non-hydrogen) atoms. The number of halogens is 1. The van der Waals surface area contributed by atoms with Gasteiger partial charge in [-0.05, 0) is 26.0 Å². The van der Waals surface area contributed by atoms with Gasteiger partial charge in [0.1, 0.15) is 17.9 Å². The van der Waals surface area contributed by atoms with Gasteiger partial charge >= 0.3 is 6.03 Å². The molecule has 3 rings (SSSR count). The summed E-state index contributed by atoms with van der Waals surface area (Å²) in [7, 11) is 0. The maximum absolute atomic E-state index is 13.2. The van der Waals surface area contributed by atoms with E-state index in [1.54, 1.807) is 19.9 Å². The molecule has 1 aliphatic heterocycles. The molecule has 0 bridgehead atoms. The van der Waals surface area contributed by atoms with Crippen LogP contribution in [0.15, 0.2) is 28.8 Å². The van der Waals surface area contributed by atoms with E-state index in [1.807, 2.05) is 0 Å². The Morgan fingerprint density at radius 1 is 1.41 bits per heavy atom. The number of nitrogens with one attached hydrogen (secondary N) is 1. The van der Waals surface area contributed by atoms with Gasteiger partial charge in [0.2, 0.25) is 11.7 Å². The van der Waals surface area contributed by atoms with Crippen LogP contribution in [-0.2, 0) is 4.79 Å². The number of hydrogen-bond acceptors (Lipinski definition) is 5. The molecule has 1 fully saturated rings. The first-order valence-electron chi connectivity index (χ1n) is 6.70. The van der Waals surface area contributed by atoms with E-state index < -0.39 is 23.9 Å². The maximum atomic E-state index is 13.2. The highest BCUT2D eigenvalue weighted by Gasteiger charge is 2.40. The minimum absolute atomic E-state index is 0.108. The molecule has 3 amide bonds. The third kappa shape index (κ3) is 2.32. The second kappa shape index (κ2) is 5.21. The van der Waals surface area contributed by atoms with E-state index in [9.17, 15) is 14.0 Å². The van der Waals surface area contributed by atoms with Crippen LogP contribution in [0.3, 0.4) is 0 Å². The number of aromatic nitrogens is 2. The van der Waals surface area contributed by atoms with E-state index in [1.165, 1.54) is 18.2 Å². The summed E-state index contributed by atoms with van der Waals surface area (Å²) in [6, 6.07) is 3.96. The SMILES string of the molecule is C[C@@H]1NC(=O)N([C@@H](C)c2nc(-c3cccc(F)c3)no2)C1=O.